The summed E-state index contributed by atoms with van der Waals surface area (Å²) >= 11 is 2.82. The van der Waals surface area contributed by atoms with Crippen molar-refractivity contribution in [1.29, 1.82) is 0 Å². The van der Waals surface area contributed by atoms with Gasteiger partial charge in [-0.15, -0.1) is 0 Å². The molecule has 0 nitrogen and oxygen atoms in total. The molecule has 0 heterocycles. The second kappa shape index (κ2) is 3.41. The fraction of sp³-hybridized carbons (Fsp3) is 0.500. The molecule has 4 heavy (non-hydrogen) atoms. The first-order chi connectivity index (χ1) is 1.91. The molecular formula is C2H3BrF. The van der Waals surface area contributed by atoms with Crippen molar-refractivity contribution < 1.29 is 4.39 Å². The predicted molar refractivity (Wildman–Crippen MR) is 19.2 cm³/mol. The van der Waals surface area contributed by atoms with E-state index in [1.165, 1.54) is 0 Å². The van der Waals surface area contributed by atoms with Crippen LogP contribution in [0.1, 0.15) is 0 Å². The quantitative estimate of drug-likeness (QED) is 0.467. The minimum atomic E-state index is 0.340. The van der Waals surface area contributed by atoms with Crippen LogP contribution in [0, 0.1) is 6.67 Å². The van der Waals surface area contributed by atoms with Gasteiger partial charge in [-0.2, -0.15) is 0 Å². The first kappa shape index (κ1) is 4.41. The van der Waals surface area contributed by atoms with Crippen LogP contribution in [0.4, 0.5) is 4.39 Å². The Bertz CT molecular complexity index is 8.00. The highest BCUT2D eigenvalue weighted by molar-refractivity contribution is 9.09. The summed E-state index contributed by atoms with van der Waals surface area (Å²) in [5.74, 6) is 0. The average Bonchev–Trinajstić information content (AvgIpc) is 1.37. The van der Waals surface area contributed by atoms with Crippen LogP contribution in [-0.4, -0.2) is 5.33 Å². The monoisotopic (exact) mass is 125 g/mol. The van der Waals surface area contributed by atoms with Crippen LogP contribution in [0.15, 0.2) is 0 Å². The molecule has 0 N–H and O–H groups in total. The lowest BCUT2D eigenvalue weighted by Gasteiger charge is -1.61. The number of hydrogen-bond acceptors (Lipinski definition) is 0. The Kier molecular flexibility index (Phi) is 3.76. The smallest absolute Gasteiger partial charge is 0.142 e. The molecule has 0 rings (SSSR count). The van der Waals surface area contributed by atoms with Gasteiger partial charge < -0.3 is 0 Å². The third-order valence-corrected chi connectivity index (χ3v) is 0.303. The lowest BCUT2D eigenvalue weighted by Crippen LogP contribution is -1.53. The zero-order valence-corrected chi connectivity index (χ0v) is 3.63. The van der Waals surface area contributed by atoms with Gasteiger partial charge in [0, 0.05) is 5.33 Å². The third-order valence-electron chi connectivity index (χ3n) is 0.0583. The van der Waals surface area contributed by atoms with Gasteiger partial charge in [-0.1, -0.05) is 15.9 Å². The van der Waals surface area contributed by atoms with Crippen LogP contribution in [0.2, 0.25) is 0 Å². The topological polar surface area (TPSA) is 0 Å². The van der Waals surface area contributed by atoms with Crippen molar-refractivity contribution in [1.82, 2.24) is 0 Å². The summed E-state index contributed by atoms with van der Waals surface area (Å²) in [6.45, 7) is 0.542. The normalized spacial score (nSPS) is 7.50. The summed E-state index contributed by atoms with van der Waals surface area (Å²) in [6.07, 6.45) is 0. The van der Waals surface area contributed by atoms with Crippen LogP contribution in [-0.2, 0) is 0 Å². The van der Waals surface area contributed by atoms with Crippen LogP contribution in [0.3, 0.4) is 0 Å². The Morgan fingerprint density at radius 2 is 2.25 bits per heavy atom. The Morgan fingerprint density at radius 1 is 2.00 bits per heavy atom. The maximum Gasteiger partial charge on any atom is 0.142 e. The van der Waals surface area contributed by atoms with E-state index in [0.717, 1.165) is 0 Å². The van der Waals surface area contributed by atoms with E-state index >= 15 is 0 Å². The van der Waals surface area contributed by atoms with Gasteiger partial charge in [-0.3, -0.25) is 0 Å². The van der Waals surface area contributed by atoms with Crippen LogP contribution in [0.25, 0.3) is 0 Å². The summed E-state index contributed by atoms with van der Waals surface area (Å²) in [5.41, 5.74) is 0. The highest BCUT2D eigenvalue weighted by Crippen LogP contribution is 1.82. The van der Waals surface area contributed by atoms with E-state index in [9.17, 15) is 4.39 Å². The summed E-state index contributed by atoms with van der Waals surface area (Å²) in [6, 6.07) is 0. The molecule has 0 aromatic carbocycles. The maximum atomic E-state index is 10.6. The molecule has 0 aromatic heterocycles. The van der Waals surface area contributed by atoms with Gasteiger partial charge in [0.1, 0.15) is 6.67 Å². The third kappa shape index (κ3) is 2.41. The molecule has 0 aliphatic rings. The van der Waals surface area contributed by atoms with Crippen molar-refractivity contribution in [2.24, 2.45) is 0 Å². The van der Waals surface area contributed by atoms with Crippen molar-refractivity contribution >= 4 is 15.9 Å². The lowest BCUT2D eigenvalue weighted by molar-refractivity contribution is 0.634. The van der Waals surface area contributed by atoms with Gasteiger partial charge in [-0.05, 0) is 0 Å². The summed E-state index contributed by atoms with van der Waals surface area (Å²) in [4.78, 5) is 0. The largest absolute Gasteiger partial charge is 0.243 e. The van der Waals surface area contributed by atoms with Crippen molar-refractivity contribution in [2.45, 2.75) is 0 Å². The fourth-order valence-corrected chi connectivity index (χ4v) is 0. The van der Waals surface area contributed by atoms with E-state index in [0.29, 0.717) is 12.0 Å². The number of alkyl halides is 1. The molecule has 0 aromatic rings. The molecule has 0 bridgehead atoms. The Balaban J connectivity index is 1.97. The predicted octanol–water partition coefficient (Wildman–Crippen LogP) is 1.51. The fourth-order valence-electron chi connectivity index (χ4n) is 0. The van der Waals surface area contributed by atoms with Crippen molar-refractivity contribution in [2.75, 3.05) is 5.33 Å². The highest BCUT2D eigenvalue weighted by Gasteiger charge is 1.64. The average molecular weight is 126 g/mol. The van der Waals surface area contributed by atoms with E-state index in [-0.39, 0.29) is 0 Å². The molecule has 0 saturated heterocycles. The Morgan fingerprint density at radius 3 is 2.25 bits per heavy atom. The molecule has 25 valence electrons. The van der Waals surface area contributed by atoms with Gasteiger partial charge >= 0.3 is 0 Å². The van der Waals surface area contributed by atoms with E-state index in [4.69, 9.17) is 0 Å². The van der Waals surface area contributed by atoms with Crippen molar-refractivity contribution in [3.8, 4) is 0 Å². The highest BCUT2D eigenvalue weighted by atomic mass is 79.9. The molecule has 0 spiro atoms. The van der Waals surface area contributed by atoms with E-state index in [1.54, 1.807) is 0 Å². The molecular weight excluding hydrogens is 123 g/mol. The van der Waals surface area contributed by atoms with E-state index in [2.05, 4.69) is 15.9 Å². The van der Waals surface area contributed by atoms with Crippen molar-refractivity contribution in [3.63, 3.8) is 0 Å². The zero-order chi connectivity index (χ0) is 3.41. The molecule has 0 saturated carbocycles. The summed E-state index contributed by atoms with van der Waals surface area (Å²) in [7, 11) is 0. The second-order valence-corrected chi connectivity index (χ2v) is 0.956. The van der Waals surface area contributed by atoms with Gasteiger partial charge in [0.25, 0.3) is 0 Å². The molecule has 0 unspecified atom stereocenters. The molecule has 1 radical (unpaired) electrons. The molecule has 0 aliphatic heterocycles. The molecule has 2 heteroatoms. The maximum absolute atomic E-state index is 10.6. The van der Waals surface area contributed by atoms with E-state index < -0.39 is 0 Å². The molecule has 0 aliphatic carbocycles. The van der Waals surface area contributed by atoms with Gasteiger partial charge in [0.05, 0.1) is 0 Å². The molecule has 0 atom stereocenters. The van der Waals surface area contributed by atoms with Gasteiger partial charge in [0.2, 0.25) is 0 Å². The standard InChI is InChI=1S/C2H3BrF/c3-1-2-4/h2H,1H2. The lowest BCUT2D eigenvalue weighted by atomic mass is 10.9. The van der Waals surface area contributed by atoms with Gasteiger partial charge in [0.15, 0.2) is 0 Å². The number of rotatable bonds is 1. The summed E-state index contributed by atoms with van der Waals surface area (Å²) in [5, 5.41) is 0.340. The minimum absolute atomic E-state index is 0.340. The minimum Gasteiger partial charge on any atom is -0.243 e. The second-order valence-electron chi connectivity index (χ2n) is 0.309. The number of hydrogen-bond donors (Lipinski definition) is 0. The molecule has 0 fully saturated rings. The zero-order valence-electron chi connectivity index (χ0n) is 2.04. The first-order valence-electron chi connectivity index (χ1n) is 0.894. The van der Waals surface area contributed by atoms with Crippen molar-refractivity contribution in [3.05, 3.63) is 6.67 Å². The summed E-state index contributed by atoms with van der Waals surface area (Å²) < 4.78 is 10.6. The number of halogens is 2. The Hall–Kier alpha value is 0.410. The Labute approximate surface area is 33.1 Å². The van der Waals surface area contributed by atoms with Crippen LogP contribution < -0.4 is 0 Å². The first-order valence-corrected chi connectivity index (χ1v) is 2.02. The van der Waals surface area contributed by atoms with Crippen LogP contribution >= 0.6 is 15.9 Å². The van der Waals surface area contributed by atoms with Crippen LogP contribution in [0.5, 0.6) is 0 Å². The van der Waals surface area contributed by atoms with E-state index in [1.807, 2.05) is 0 Å². The molecule has 0 amide bonds. The van der Waals surface area contributed by atoms with Gasteiger partial charge in [-0.25, -0.2) is 4.39 Å². The SMILES string of the molecule is F[CH]CBr.